The molecule has 0 aliphatic rings. The summed E-state index contributed by atoms with van der Waals surface area (Å²) in [4.78, 5) is 0. The molecule has 0 aliphatic heterocycles. The zero-order valence-electron chi connectivity index (χ0n) is 7.07. The van der Waals surface area contributed by atoms with Crippen LogP contribution in [0.3, 0.4) is 0 Å². The van der Waals surface area contributed by atoms with E-state index in [2.05, 4.69) is 5.92 Å². The van der Waals surface area contributed by atoms with Gasteiger partial charge in [0, 0.05) is 0 Å². The van der Waals surface area contributed by atoms with Crippen LogP contribution in [0, 0.1) is 23.7 Å². The maximum atomic E-state index is 9.79. The van der Waals surface area contributed by atoms with E-state index in [0.717, 1.165) is 0 Å². The Hall–Kier alpha value is -1.77. The number of hydrogen-bond donors (Lipinski definition) is 1. The predicted molar refractivity (Wildman–Crippen MR) is 49.4 cm³/mol. The van der Waals surface area contributed by atoms with Crippen LogP contribution in [0.2, 0.25) is 0 Å². The van der Waals surface area contributed by atoms with Crippen molar-refractivity contribution in [1.82, 2.24) is 0 Å². The van der Waals surface area contributed by atoms with Crippen LogP contribution in [-0.4, -0.2) is 5.11 Å². The Morgan fingerprint density at radius 3 is 2.46 bits per heavy atom. The van der Waals surface area contributed by atoms with Gasteiger partial charge in [0.25, 0.3) is 0 Å². The van der Waals surface area contributed by atoms with Gasteiger partial charge in [-0.25, -0.2) is 0 Å². The molecule has 1 rings (SSSR count). The first kappa shape index (κ1) is 9.32. The van der Waals surface area contributed by atoms with E-state index in [0.29, 0.717) is 5.56 Å². The van der Waals surface area contributed by atoms with E-state index in [1.54, 1.807) is 24.3 Å². The summed E-state index contributed by atoms with van der Waals surface area (Å²) in [5, 5.41) is 18.6. The lowest BCUT2D eigenvalue weighted by atomic mass is 9.92. The summed E-state index contributed by atoms with van der Waals surface area (Å²) in [6.07, 6.45) is 5.07. The third-order valence-electron chi connectivity index (χ3n) is 1.79. The first-order valence-electron chi connectivity index (χ1n) is 3.85. The quantitative estimate of drug-likeness (QED) is 0.540. The zero-order valence-corrected chi connectivity index (χ0v) is 7.07. The minimum atomic E-state index is -1.55. The van der Waals surface area contributed by atoms with Crippen LogP contribution in [0.25, 0.3) is 0 Å². The molecule has 2 nitrogen and oxygen atoms in total. The fourth-order valence-corrected chi connectivity index (χ4v) is 1.07. The number of nitrogens with zero attached hydrogens (tertiary/aromatic N) is 1. The highest BCUT2D eigenvalue weighted by Crippen LogP contribution is 2.22. The molecule has 0 aliphatic carbocycles. The molecule has 0 saturated heterocycles. The van der Waals surface area contributed by atoms with Crippen LogP contribution >= 0.6 is 0 Å². The molecule has 1 atom stereocenters. The monoisotopic (exact) mass is 171 g/mol. The number of benzene rings is 1. The molecule has 2 heteroatoms. The van der Waals surface area contributed by atoms with E-state index < -0.39 is 5.60 Å². The fourth-order valence-electron chi connectivity index (χ4n) is 1.07. The van der Waals surface area contributed by atoms with Crippen molar-refractivity contribution in [2.75, 3.05) is 0 Å². The third-order valence-corrected chi connectivity index (χ3v) is 1.79. The molecule has 1 N–H and O–H groups in total. The molecule has 0 aromatic heterocycles. The van der Waals surface area contributed by atoms with Gasteiger partial charge in [0.1, 0.15) is 6.07 Å². The molecule has 0 radical (unpaired) electrons. The molecular formula is C11H9NO. The Balaban J connectivity index is 3.07. The van der Waals surface area contributed by atoms with Crippen LogP contribution in [0.4, 0.5) is 0 Å². The number of aliphatic hydroxyl groups is 1. The number of terminal acetylenes is 1. The highest BCUT2D eigenvalue weighted by Gasteiger charge is 2.27. The van der Waals surface area contributed by atoms with Gasteiger partial charge in [-0.15, -0.1) is 12.3 Å². The van der Waals surface area contributed by atoms with Gasteiger partial charge in [-0.2, -0.15) is 5.26 Å². The van der Waals surface area contributed by atoms with E-state index in [1.807, 2.05) is 12.1 Å². The Morgan fingerprint density at radius 1 is 1.38 bits per heavy atom. The molecule has 64 valence electrons. The van der Waals surface area contributed by atoms with E-state index in [4.69, 9.17) is 11.7 Å². The number of rotatable bonds is 2. The Bertz CT molecular complexity index is 358. The molecule has 13 heavy (non-hydrogen) atoms. The molecule has 0 unspecified atom stereocenters. The molecule has 0 bridgehead atoms. The highest BCUT2D eigenvalue weighted by molar-refractivity contribution is 5.30. The molecule has 0 heterocycles. The van der Waals surface area contributed by atoms with Crippen molar-refractivity contribution in [3.8, 4) is 18.4 Å². The Labute approximate surface area is 77.4 Å². The van der Waals surface area contributed by atoms with E-state index in [1.165, 1.54) is 0 Å². The Kier molecular flexibility index (Phi) is 2.69. The van der Waals surface area contributed by atoms with Crippen molar-refractivity contribution in [3.05, 3.63) is 35.9 Å². The summed E-state index contributed by atoms with van der Waals surface area (Å²) in [5.74, 6) is 2.29. The van der Waals surface area contributed by atoms with Gasteiger partial charge in [0.05, 0.1) is 6.42 Å². The van der Waals surface area contributed by atoms with Gasteiger partial charge in [-0.05, 0) is 5.56 Å². The number of hydrogen-bond acceptors (Lipinski definition) is 2. The van der Waals surface area contributed by atoms with Gasteiger partial charge in [-0.1, -0.05) is 30.3 Å². The van der Waals surface area contributed by atoms with Crippen LogP contribution in [0.1, 0.15) is 12.0 Å². The van der Waals surface area contributed by atoms with E-state index >= 15 is 0 Å². The summed E-state index contributed by atoms with van der Waals surface area (Å²) in [7, 11) is 0. The predicted octanol–water partition coefficient (Wildman–Crippen LogP) is 1.42. The minimum Gasteiger partial charge on any atom is -0.371 e. The summed E-state index contributed by atoms with van der Waals surface area (Å²) >= 11 is 0. The second kappa shape index (κ2) is 3.76. The molecule has 0 fully saturated rings. The topological polar surface area (TPSA) is 44.0 Å². The number of nitriles is 1. The van der Waals surface area contributed by atoms with Crippen molar-refractivity contribution in [2.45, 2.75) is 12.0 Å². The molecule has 1 aromatic rings. The van der Waals surface area contributed by atoms with Crippen molar-refractivity contribution in [3.63, 3.8) is 0 Å². The highest BCUT2D eigenvalue weighted by atomic mass is 16.3. The SMILES string of the molecule is C#CC[C@](O)(C#N)c1ccccc1. The molecule has 0 saturated carbocycles. The van der Waals surface area contributed by atoms with Gasteiger partial charge in [0.15, 0.2) is 5.60 Å². The minimum absolute atomic E-state index is 0.00745. The standard InChI is InChI=1S/C11H9NO/c1-2-8-11(13,9-12)10-6-4-3-5-7-10/h1,3-7,13H,8H2/t11-/m0/s1. The van der Waals surface area contributed by atoms with Gasteiger partial charge < -0.3 is 5.11 Å². The molecular weight excluding hydrogens is 162 g/mol. The normalized spacial score (nSPS) is 13.8. The second-order valence-electron chi connectivity index (χ2n) is 2.72. The lowest BCUT2D eigenvalue weighted by Crippen LogP contribution is -2.22. The van der Waals surface area contributed by atoms with Crippen molar-refractivity contribution in [2.24, 2.45) is 0 Å². The van der Waals surface area contributed by atoms with Gasteiger partial charge >= 0.3 is 0 Å². The summed E-state index contributed by atoms with van der Waals surface area (Å²) < 4.78 is 0. The van der Waals surface area contributed by atoms with Gasteiger partial charge in [-0.3, -0.25) is 0 Å². The lowest BCUT2D eigenvalue weighted by molar-refractivity contribution is 0.104. The second-order valence-corrected chi connectivity index (χ2v) is 2.72. The first-order chi connectivity index (χ1) is 6.23. The van der Waals surface area contributed by atoms with Gasteiger partial charge in [0.2, 0.25) is 0 Å². The van der Waals surface area contributed by atoms with E-state index in [9.17, 15) is 5.11 Å². The van der Waals surface area contributed by atoms with Crippen molar-refractivity contribution in [1.29, 1.82) is 5.26 Å². The van der Waals surface area contributed by atoms with Crippen LogP contribution in [0.5, 0.6) is 0 Å². The van der Waals surface area contributed by atoms with Crippen LogP contribution in [0.15, 0.2) is 30.3 Å². The van der Waals surface area contributed by atoms with Crippen molar-refractivity contribution >= 4 is 0 Å². The summed E-state index contributed by atoms with van der Waals surface area (Å²) in [6.45, 7) is 0. The molecule has 0 amide bonds. The van der Waals surface area contributed by atoms with Crippen LogP contribution in [-0.2, 0) is 5.60 Å². The maximum Gasteiger partial charge on any atom is 0.187 e. The van der Waals surface area contributed by atoms with Crippen molar-refractivity contribution < 1.29 is 5.11 Å². The average Bonchev–Trinajstić information content (AvgIpc) is 2.19. The maximum absolute atomic E-state index is 9.79. The first-order valence-corrected chi connectivity index (χ1v) is 3.85. The lowest BCUT2D eigenvalue weighted by Gasteiger charge is -2.17. The third kappa shape index (κ3) is 1.87. The largest absolute Gasteiger partial charge is 0.371 e. The fraction of sp³-hybridized carbons (Fsp3) is 0.182. The summed E-state index contributed by atoms with van der Waals surface area (Å²) in [5.41, 5.74) is -1.01. The summed E-state index contributed by atoms with van der Waals surface area (Å²) in [6, 6.07) is 10.5. The molecule has 1 aromatic carbocycles. The van der Waals surface area contributed by atoms with E-state index in [-0.39, 0.29) is 6.42 Å². The van der Waals surface area contributed by atoms with Crippen LogP contribution < -0.4 is 0 Å². The average molecular weight is 171 g/mol. The molecule has 0 spiro atoms. The Morgan fingerprint density at radius 2 is 2.00 bits per heavy atom. The smallest absolute Gasteiger partial charge is 0.187 e. The zero-order chi connectivity index (χ0) is 9.73.